The molecular weight excluding hydrogens is 252 g/mol. The lowest BCUT2D eigenvalue weighted by Gasteiger charge is -2.38. The van der Waals surface area contributed by atoms with Crippen molar-refractivity contribution in [3.63, 3.8) is 0 Å². The molecule has 20 heavy (non-hydrogen) atoms. The van der Waals surface area contributed by atoms with Gasteiger partial charge >= 0.3 is 0 Å². The van der Waals surface area contributed by atoms with Crippen molar-refractivity contribution in [2.45, 2.75) is 12.5 Å². The molecule has 0 bridgehead atoms. The van der Waals surface area contributed by atoms with E-state index in [1.165, 1.54) is 5.56 Å². The lowest BCUT2D eigenvalue weighted by Crippen LogP contribution is -2.34. The molecule has 0 amide bonds. The molecule has 0 fully saturated rings. The van der Waals surface area contributed by atoms with Crippen LogP contribution in [0.15, 0.2) is 42.5 Å². The van der Waals surface area contributed by atoms with Crippen LogP contribution in [-0.2, 0) is 6.42 Å². The highest BCUT2D eigenvalue weighted by atomic mass is 16.5. The minimum atomic E-state index is 0.0590. The van der Waals surface area contributed by atoms with E-state index in [9.17, 15) is 0 Å². The number of benzene rings is 2. The number of rotatable bonds is 1. The average Bonchev–Trinajstić information content (AvgIpc) is 2.52. The summed E-state index contributed by atoms with van der Waals surface area (Å²) in [6.45, 7) is 0.707. The zero-order chi connectivity index (χ0) is 13.5. The van der Waals surface area contributed by atoms with Crippen LogP contribution >= 0.6 is 0 Å². The van der Waals surface area contributed by atoms with E-state index in [2.05, 4.69) is 12.1 Å². The summed E-state index contributed by atoms with van der Waals surface area (Å²) in [6, 6.07) is 14.2. The Kier molecular flexibility index (Phi) is 2.59. The molecule has 2 atom stereocenters. The Balaban J connectivity index is 1.79. The first-order valence-electron chi connectivity index (χ1n) is 6.91. The highest BCUT2D eigenvalue weighted by molar-refractivity contribution is 5.50. The second-order valence-electron chi connectivity index (χ2n) is 5.30. The topological polar surface area (TPSA) is 27.7 Å². The van der Waals surface area contributed by atoms with E-state index in [0.717, 1.165) is 29.2 Å². The molecular formula is C17H16O3. The van der Waals surface area contributed by atoms with Gasteiger partial charge in [-0.25, -0.2) is 0 Å². The Bertz CT molecular complexity index is 650. The molecule has 102 valence electrons. The largest absolute Gasteiger partial charge is 0.493 e. The van der Waals surface area contributed by atoms with Gasteiger partial charge in [0, 0.05) is 11.5 Å². The van der Waals surface area contributed by atoms with Crippen molar-refractivity contribution in [3.05, 3.63) is 53.6 Å². The Labute approximate surface area is 118 Å². The molecule has 2 aromatic carbocycles. The molecule has 0 unspecified atom stereocenters. The van der Waals surface area contributed by atoms with Gasteiger partial charge in [-0.3, -0.25) is 0 Å². The number of fused-ring (bicyclic) bond motifs is 4. The normalized spacial score (nSPS) is 22.6. The maximum Gasteiger partial charge on any atom is 0.165 e. The first-order valence-corrected chi connectivity index (χ1v) is 6.91. The van der Waals surface area contributed by atoms with Gasteiger partial charge in [0.25, 0.3) is 0 Å². The number of hydrogen-bond acceptors (Lipinski definition) is 3. The van der Waals surface area contributed by atoms with Gasteiger partial charge in [0.15, 0.2) is 11.5 Å². The van der Waals surface area contributed by atoms with Gasteiger partial charge in [-0.15, -0.1) is 0 Å². The van der Waals surface area contributed by atoms with Crippen LogP contribution in [0.2, 0.25) is 0 Å². The summed E-state index contributed by atoms with van der Waals surface area (Å²) in [6.07, 6.45) is 1.02. The van der Waals surface area contributed by atoms with Crippen LogP contribution in [0.5, 0.6) is 17.2 Å². The summed E-state index contributed by atoms with van der Waals surface area (Å²) in [5, 5.41) is 0. The van der Waals surface area contributed by atoms with E-state index in [4.69, 9.17) is 14.2 Å². The van der Waals surface area contributed by atoms with Crippen molar-refractivity contribution in [3.8, 4) is 17.2 Å². The van der Waals surface area contributed by atoms with E-state index in [1.807, 2.05) is 30.3 Å². The highest BCUT2D eigenvalue weighted by Gasteiger charge is 2.37. The van der Waals surface area contributed by atoms with E-state index in [1.54, 1.807) is 7.11 Å². The van der Waals surface area contributed by atoms with E-state index >= 15 is 0 Å². The molecule has 2 heterocycles. The lowest BCUT2D eigenvalue weighted by molar-refractivity contribution is 0.0518. The molecule has 0 N–H and O–H groups in total. The van der Waals surface area contributed by atoms with Gasteiger partial charge in [0.1, 0.15) is 11.9 Å². The van der Waals surface area contributed by atoms with Gasteiger partial charge < -0.3 is 14.2 Å². The number of hydrogen-bond donors (Lipinski definition) is 0. The Morgan fingerprint density at radius 2 is 2.00 bits per heavy atom. The molecule has 2 aliphatic heterocycles. The predicted octanol–water partition coefficient (Wildman–Crippen LogP) is 3.38. The first kappa shape index (κ1) is 11.6. The summed E-state index contributed by atoms with van der Waals surface area (Å²) in [5.74, 6) is 2.99. The molecule has 0 aliphatic carbocycles. The molecule has 3 nitrogen and oxygen atoms in total. The SMILES string of the molecule is COc1cccc2c1O[C@H]1c3ccccc3OC[C@H]1C2. The number of para-hydroxylation sites is 2. The molecule has 2 aromatic rings. The Hall–Kier alpha value is -2.16. The van der Waals surface area contributed by atoms with Crippen LogP contribution in [0.25, 0.3) is 0 Å². The summed E-state index contributed by atoms with van der Waals surface area (Å²) < 4.78 is 17.6. The van der Waals surface area contributed by atoms with Gasteiger partial charge in [0.2, 0.25) is 0 Å². The van der Waals surface area contributed by atoms with E-state index in [0.29, 0.717) is 12.5 Å². The van der Waals surface area contributed by atoms with Gasteiger partial charge in [-0.05, 0) is 24.1 Å². The maximum atomic E-state index is 6.28. The molecule has 4 rings (SSSR count). The van der Waals surface area contributed by atoms with Crippen LogP contribution in [-0.4, -0.2) is 13.7 Å². The van der Waals surface area contributed by atoms with Crippen LogP contribution in [0, 0.1) is 5.92 Å². The average molecular weight is 268 g/mol. The minimum Gasteiger partial charge on any atom is -0.493 e. The van der Waals surface area contributed by atoms with Crippen molar-refractivity contribution >= 4 is 0 Å². The van der Waals surface area contributed by atoms with Crippen LogP contribution < -0.4 is 14.2 Å². The third kappa shape index (κ3) is 1.66. The molecule has 3 heteroatoms. The zero-order valence-electron chi connectivity index (χ0n) is 11.3. The monoisotopic (exact) mass is 268 g/mol. The fourth-order valence-electron chi connectivity index (χ4n) is 3.14. The zero-order valence-corrected chi connectivity index (χ0v) is 11.3. The third-order valence-electron chi connectivity index (χ3n) is 4.11. The Morgan fingerprint density at radius 3 is 2.90 bits per heavy atom. The van der Waals surface area contributed by atoms with Crippen molar-refractivity contribution in [1.29, 1.82) is 0 Å². The molecule has 2 aliphatic rings. The Morgan fingerprint density at radius 1 is 1.10 bits per heavy atom. The molecule has 0 aromatic heterocycles. The van der Waals surface area contributed by atoms with Crippen LogP contribution in [0.4, 0.5) is 0 Å². The molecule has 0 radical (unpaired) electrons. The van der Waals surface area contributed by atoms with E-state index < -0.39 is 0 Å². The van der Waals surface area contributed by atoms with Crippen LogP contribution in [0.3, 0.4) is 0 Å². The fraction of sp³-hybridized carbons (Fsp3) is 0.294. The first-order chi connectivity index (χ1) is 9.86. The number of methoxy groups -OCH3 is 1. The maximum absolute atomic E-state index is 6.28. The van der Waals surface area contributed by atoms with E-state index in [-0.39, 0.29) is 6.10 Å². The quantitative estimate of drug-likeness (QED) is 0.793. The highest BCUT2D eigenvalue weighted by Crippen LogP contribution is 2.47. The van der Waals surface area contributed by atoms with Crippen molar-refractivity contribution < 1.29 is 14.2 Å². The second kappa shape index (κ2) is 4.44. The molecule has 0 spiro atoms. The second-order valence-corrected chi connectivity index (χ2v) is 5.30. The fourth-order valence-corrected chi connectivity index (χ4v) is 3.14. The van der Waals surface area contributed by atoms with Crippen molar-refractivity contribution in [2.75, 3.05) is 13.7 Å². The van der Waals surface area contributed by atoms with Crippen molar-refractivity contribution in [1.82, 2.24) is 0 Å². The standard InChI is InChI=1S/C17H16O3/c1-18-15-8-4-5-11-9-12-10-19-14-7-3-2-6-13(14)16(12)20-17(11)15/h2-8,12,16H,9-10H2,1H3/t12-,16-/m1/s1. The molecule has 0 saturated heterocycles. The van der Waals surface area contributed by atoms with Crippen molar-refractivity contribution in [2.24, 2.45) is 5.92 Å². The minimum absolute atomic E-state index is 0.0590. The third-order valence-corrected chi connectivity index (χ3v) is 4.11. The summed E-state index contributed by atoms with van der Waals surface area (Å²) in [7, 11) is 1.68. The number of ether oxygens (including phenoxy) is 3. The van der Waals surface area contributed by atoms with Crippen LogP contribution in [0.1, 0.15) is 17.2 Å². The summed E-state index contributed by atoms with van der Waals surface area (Å²) in [5.41, 5.74) is 2.34. The lowest BCUT2D eigenvalue weighted by atomic mass is 9.85. The predicted molar refractivity (Wildman–Crippen MR) is 75.5 cm³/mol. The van der Waals surface area contributed by atoms with Gasteiger partial charge in [-0.2, -0.15) is 0 Å². The smallest absolute Gasteiger partial charge is 0.165 e. The molecule has 0 saturated carbocycles. The van der Waals surface area contributed by atoms with Gasteiger partial charge in [0.05, 0.1) is 13.7 Å². The van der Waals surface area contributed by atoms with Gasteiger partial charge in [-0.1, -0.05) is 30.3 Å². The summed E-state index contributed by atoms with van der Waals surface area (Å²) >= 11 is 0. The summed E-state index contributed by atoms with van der Waals surface area (Å²) in [4.78, 5) is 0.